The Labute approximate surface area is 237 Å². The van der Waals surface area contributed by atoms with Crippen molar-refractivity contribution >= 4 is 56.1 Å². The van der Waals surface area contributed by atoms with Crippen LogP contribution in [0.25, 0.3) is 16.8 Å². The topological polar surface area (TPSA) is 145 Å². The number of likely N-dealkylation sites (tertiary alicyclic amines) is 1. The molecule has 1 amide bonds. The summed E-state index contributed by atoms with van der Waals surface area (Å²) in [5.74, 6) is -2.29. The molecule has 0 spiro atoms. The fourth-order valence-electron chi connectivity index (χ4n) is 4.86. The standard InChI is InChI=1S/C29H31N3O8S/c1-30(18-27(34)35)25-17-20(9-14-26(33)31-15-5-6-16-31)29(24-8-4-3-7-23(24)25)32(19-28(36)37)41(38,39)22-12-10-21(40-2)11-13-22/h3-4,7-14,17H,5-6,15-16,18-19H2,1-2H3,(H,34,35)(H,36,37)/b14-9+. The Kier molecular flexibility index (Phi) is 8.82. The molecule has 1 aliphatic heterocycles. The number of carbonyl (C=O) groups excluding carboxylic acids is 1. The predicted molar refractivity (Wildman–Crippen MR) is 155 cm³/mol. The molecule has 12 heteroatoms. The summed E-state index contributed by atoms with van der Waals surface area (Å²) in [6, 6.07) is 13.9. The van der Waals surface area contributed by atoms with Gasteiger partial charge >= 0.3 is 11.9 Å². The molecule has 0 saturated carbocycles. The number of carbonyl (C=O) groups is 3. The molecule has 0 aliphatic carbocycles. The summed E-state index contributed by atoms with van der Waals surface area (Å²) in [4.78, 5) is 39.5. The highest BCUT2D eigenvalue weighted by Gasteiger charge is 2.31. The van der Waals surface area contributed by atoms with Gasteiger partial charge in [-0.1, -0.05) is 24.3 Å². The van der Waals surface area contributed by atoms with Crippen LogP contribution in [0.15, 0.2) is 65.6 Å². The second-order valence-electron chi connectivity index (χ2n) is 9.58. The molecule has 0 bridgehead atoms. The van der Waals surface area contributed by atoms with Crippen LogP contribution >= 0.6 is 0 Å². The number of carboxylic acids is 2. The van der Waals surface area contributed by atoms with Gasteiger partial charge in [-0.2, -0.15) is 0 Å². The molecular formula is C29H31N3O8S. The first-order valence-corrected chi connectivity index (χ1v) is 14.3. The number of hydrogen-bond acceptors (Lipinski definition) is 7. The van der Waals surface area contributed by atoms with Gasteiger partial charge in [0.2, 0.25) is 5.91 Å². The molecule has 0 unspecified atom stereocenters. The van der Waals surface area contributed by atoms with Gasteiger partial charge in [0.05, 0.1) is 17.7 Å². The number of rotatable bonds is 11. The van der Waals surface area contributed by atoms with Crippen LogP contribution in [-0.2, 0) is 24.4 Å². The fourth-order valence-corrected chi connectivity index (χ4v) is 6.32. The Morgan fingerprint density at radius 3 is 2.15 bits per heavy atom. The highest BCUT2D eigenvalue weighted by atomic mass is 32.2. The highest BCUT2D eigenvalue weighted by molar-refractivity contribution is 7.92. The number of likely N-dealkylation sites (N-methyl/N-ethyl adjacent to an activating group) is 1. The number of sulfonamides is 1. The van der Waals surface area contributed by atoms with Crippen molar-refractivity contribution in [2.75, 3.05) is 49.5 Å². The number of amides is 1. The first kappa shape index (κ1) is 29.4. The Balaban J connectivity index is 1.98. The quantitative estimate of drug-likeness (QED) is 0.326. The average Bonchev–Trinajstić information content (AvgIpc) is 3.49. The van der Waals surface area contributed by atoms with E-state index in [0.717, 1.165) is 17.1 Å². The summed E-state index contributed by atoms with van der Waals surface area (Å²) in [6.07, 6.45) is 4.56. The van der Waals surface area contributed by atoms with Gasteiger partial charge in [-0.15, -0.1) is 0 Å². The summed E-state index contributed by atoms with van der Waals surface area (Å²) >= 11 is 0. The molecule has 11 nitrogen and oxygen atoms in total. The number of benzene rings is 3. The van der Waals surface area contributed by atoms with Crippen LogP contribution in [0.5, 0.6) is 5.75 Å². The third-order valence-corrected chi connectivity index (χ3v) is 8.57. The first-order chi connectivity index (χ1) is 19.5. The van der Waals surface area contributed by atoms with E-state index in [2.05, 4.69) is 0 Å². The number of ether oxygens (including phenoxy) is 1. The zero-order valence-corrected chi connectivity index (χ0v) is 23.5. The van der Waals surface area contributed by atoms with Crippen LogP contribution in [0.4, 0.5) is 11.4 Å². The van der Waals surface area contributed by atoms with Crippen molar-refractivity contribution in [3.8, 4) is 5.75 Å². The molecule has 2 N–H and O–H groups in total. The lowest BCUT2D eigenvalue weighted by Gasteiger charge is -2.28. The second-order valence-corrected chi connectivity index (χ2v) is 11.4. The zero-order valence-electron chi connectivity index (χ0n) is 22.7. The van der Waals surface area contributed by atoms with Gasteiger partial charge in [0.25, 0.3) is 10.0 Å². The van der Waals surface area contributed by atoms with E-state index in [1.807, 2.05) is 0 Å². The van der Waals surface area contributed by atoms with E-state index in [-0.39, 0.29) is 28.6 Å². The molecule has 0 aromatic heterocycles. The Bertz CT molecular complexity index is 1600. The number of fused-ring (bicyclic) bond motifs is 1. The molecule has 41 heavy (non-hydrogen) atoms. The summed E-state index contributed by atoms with van der Waals surface area (Å²) in [6.45, 7) is -0.0273. The smallest absolute Gasteiger partial charge is 0.324 e. The van der Waals surface area contributed by atoms with Crippen LogP contribution < -0.4 is 13.9 Å². The molecule has 3 aromatic carbocycles. The number of methoxy groups -OCH3 is 1. The third-order valence-electron chi connectivity index (χ3n) is 6.81. The van der Waals surface area contributed by atoms with Crippen molar-refractivity contribution in [3.63, 3.8) is 0 Å². The van der Waals surface area contributed by atoms with E-state index in [1.54, 1.807) is 42.3 Å². The van der Waals surface area contributed by atoms with E-state index < -0.39 is 28.5 Å². The molecule has 0 radical (unpaired) electrons. The SMILES string of the molecule is COc1ccc(S(=O)(=O)N(CC(=O)O)c2c(/C=C/C(=O)N3CCCC3)cc(N(C)CC(=O)O)c3ccccc23)cc1. The zero-order chi connectivity index (χ0) is 29.7. The van der Waals surface area contributed by atoms with Crippen molar-refractivity contribution < 1.29 is 37.8 Å². The van der Waals surface area contributed by atoms with Crippen LogP contribution in [0.3, 0.4) is 0 Å². The minimum absolute atomic E-state index is 0.0526. The van der Waals surface area contributed by atoms with Crippen molar-refractivity contribution in [1.29, 1.82) is 0 Å². The number of hydrogen-bond donors (Lipinski definition) is 2. The van der Waals surface area contributed by atoms with E-state index in [0.29, 0.717) is 35.3 Å². The van der Waals surface area contributed by atoms with Gasteiger partial charge in [-0.3, -0.25) is 18.7 Å². The normalized spacial score (nSPS) is 13.5. The van der Waals surface area contributed by atoms with E-state index in [1.165, 1.54) is 48.4 Å². The average molecular weight is 582 g/mol. The van der Waals surface area contributed by atoms with Crippen molar-refractivity contribution in [3.05, 3.63) is 66.2 Å². The fraction of sp³-hybridized carbons (Fsp3) is 0.276. The van der Waals surface area contributed by atoms with Crippen LogP contribution in [0, 0.1) is 0 Å². The van der Waals surface area contributed by atoms with Crippen LogP contribution in [-0.4, -0.2) is 81.7 Å². The van der Waals surface area contributed by atoms with E-state index in [9.17, 15) is 33.0 Å². The largest absolute Gasteiger partial charge is 0.497 e. The summed E-state index contributed by atoms with van der Waals surface area (Å²) in [5.41, 5.74) is 0.760. The van der Waals surface area contributed by atoms with Crippen LogP contribution in [0.1, 0.15) is 18.4 Å². The van der Waals surface area contributed by atoms with Crippen molar-refractivity contribution in [2.24, 2.45) is 0 Å². The molecule has 1 saturated heterocycles. The van der Waals surface area contributed by atoms with Gasteiger partial charge in [-0.25, -0.2) is 8.42 Å². The molecule has 1 aliphatic rings. The van der Waals surface area contributed by atoms with Gasteiger partial charge in [-0.05, 0) is 49.2 Å². The van der Waals surface area contributed by atoms with Gasteiger partial charge in [0.1, 0.15) is 18.8 Å². The van der Waals surface area contributed by atoms with E-state index >= 15 is 0 Å². The third kappa shape index (κ3) is 6.43. The molecular weight excluding hydrogens is 550 g/mol. The van der Waals surface area contributed by atoms with Crippen molar-refractivity contribution in [2.45, 2.75) is 17.7 Å². The second kappa shape index (κ2) is 12.3. The number of anilines is 2. The number of carboxylic acid groups (broad SMARTS) is 2. The van der Waals surface area contributed by atoms with Gasteiger partial charge in [0.15, 0.2) is 0 Å². The molecule has 1 fully saturated rings. The lowest BCUT2D eigenvalue weighted by molar-refractivity contribution is -0.136. The highest BCUT2D eigenvalue weighted by Crippen LogP contribution is 2.40. The lowest BCUT2D eigenvalue weighted by Crippen LogP contribution is -2.36. The predicted octanol–water partition coefficient (Wildman–Crippen LogP) is 3.28. The molecule has 0 atom stereocenters. The Hall–Kier alpha value is -4.58. The van der Waals surface area contributed by atoms with Crippen LogP contribution in [0.2, 0.25) is 0 Å². The summed E-state index contributed by atoms with van der Waals surface area (Å²) in [5, 5.41) is 20.1. The van der Waals surface area contributed by atoms with Gasteiger partial charge in [0, 0.05) is 48.2 Å². The minimum atomic E-state index is -4.43. The maximum atomic E-state index is 14.0. The number of nitrogens with zero attached hydrogens (tertiary/aromatic N) is 3. The molecule has 216 valence electrons. The minimum Gasteiger partial charge on any atom is -0.497 e. The summed E-state index contributed by atoms with van der Waals surface area (Å²) < 4.78 is 34.0. The molecule has 4 rings (SSSR count). The number of aliphatic carboxylic acids is 2. The molecule has 3 aromatic rings. The maximum Gasteiger partial charge on any atom is 0.324 e. The monoisotopic (exact) mass is 581 g/mol. The Morgan fingerprint density at radius 1 is 0.951 bits per heavy atom. The Morgan fingerprint density at radius 2 is 1.56 bits per heavy atom. The first-order valence-electron chi connectivity index (χ1n) is 12.9. The van der Waals surface area contributed by atoms with E-state index in [4.69, 9.17) is 4.74 Å². The summed E-state index contributed by atoms with van der Waals surface area (Å²) in [7, 11) is -1.41. The maximum absolute atomic E-state index is 14.0. The van der Waals surface area contributed by atoms with Crippen molar-refractivity contribution in [1.82, 2.24) is 4.90 Å². The molecule has 1 heterocycles. The lowest BCUT2D eigenvalue weighted by atomic mass is 10.00. The van der Waals surface area contributed by atoms with Gasteiger partial charge < -0.3 is 24.7 Å².